The highest BCUT2D eigenvalue weighted by Gasteiger charge is 2.21. The molecule has 0 unspecified atom stereocenters. The Morgan fingerprint density at radius 1 is 0.804 bits per heavy atom. The van der Waals surface area contributed by atoms with E-state index < -0.39 is 6.09 Å². The molecule has 4 aromatic carbocycles. The van der Waals surface area contributed by atoms with Gasteiger partial charge in [-0.15, -0.1) is 15.0 Å². The van der Waals surface area contributed by atoms with E-state index in [1.165, 1.54) is 41.9 Å². The number of rotatable bonds is 11. The highest BCUT2D eigenvalue weighted by Crippen LogP contribution is 2.38. The number of carbonyl (C=O) groups is 1. The number of carbonyl (C=O) groups excluding carboxylic acids is 1. The fourth-order valence-corrected chi connectivity index (χ4v) is 6.11. The Labute approximate surface area is 293 Å². The minimum Gasteiger partial charge on any atom is -0.493 e. The van der Waals surface area contributed by atoms with E-state index in [1.54, 1.807) is 38.5 Å². The van der Waals surface area contributed by atoms with Gasteiger partial charge in [0.1, 0.15) is 0 Å². The van der Waals surface area contributed by atoms with E-state index in [-0.39, 0.29) is 11.6 Å². The van der Waals surface area contributed by atoms with Crippen molar-refractivity contribution in [3.63, 3.8) is 0 Å². The fraction of sp³-hybridized carbons (Fsp3) is 0.243. The normalized spacial score (nSPS) is 12.6. The first-order valence-electron chi connectivity index (χ1n) is 16.3. The first-order valence-corrected chi connectivity index (χ1v) is 16.3. The Balaban J connectivity index is 1.05. The summed E-state index contributed by atoms with van der Waals surface area (Å²) in [5.41, 5.74) is 5.88. The number of anilines is 1. The molecule has 2 aromatic heterocycles. The Morgan fingerprint density at radius 2 is 1.51 bits per heavy atom. The Kier molecular flexibility index (Phi) is 9.57. The van der Waals surface area contributed by atoms with Crippen molar-refractivity contribution >= 4 is 22.7 Å². The van der Waals surface area contributed by atoms with Gasteiger partial charge in [0.15, 0.2) is 28.7 Å². The lowest BCUT2D eigenvalue weighted by atomic mass is 9.98. The van der Waals surface area contributed by atoms with Crippen LogP contribution in [0.2, 0.25) is 0 Å². The topological polar surface area (TPSA) is 148 Å². The number of hydrogen-bond acceptors (Lipinski definition) is 12. The summed E-state index contributed by atoms with van der Waals surface area (Å²) < 4.78 is 27.7. The van der Waals surface area contributed by atoms with Crippen LogP contribution in [0.15, 0.2) is 79.0 Å². The van der Waals surface area contributed by atoms with Crippen LogP contribution < -0.4 is 29.0 Å². The molecule has 14 nitrogen and oxygen atoms in total. The second-order valence-electron chi connectivity index (χ2n) is 11.8. The number of benzene rings is 4. The highest BCUT2D eigenvalue weighted by molar-refractivity contribution is 5.94. The summed E-state index contributed by atoms with van der Waals surface area (Å²) in [5.74, 6) is 2.86. The number of methoxy groups -OCH3 is 4. The van der Waals surface area contributed by atoms with E-state index in [4.69, 9.17) is 23.7 Å². The second kappa shape index (κ2) is 14.7. The van der Waals surface area contributed by atoms with Crippen molar-refractivity contribution in [3.05, 3.63) is 95.7 Å². The van der Waals surface area contributed by atoms with E-state index >= 15 is 0 Å². The number of ether oxygens (including phenoxy) is 5. The second-order valence-corrected chi connectivity index (χ2v) is 11.8. The maximum absolute atomic E-state index is 13.2. The molecule has 0 aliphatic carbocycles. The predicted molar refractivity (Wildman–Crippen MR) is 189 cm³/mol. The molecule has 51 heavy (non-hydrogen) atoms. The Hall–Kier alpha value is -6.28. The van der Waals surface area contributed by atoms with E-state index in [9.17, 15) is 4.79 Å². The van der Waals surface area contributed by atoms with Crippen LogP contribution in [0.1, 0.15) is 16.7 Å². The average molecular weight is 689 g/mol. The van der Waals surface area contributed by atoms with Gasteiger partial charge in [-0.25, -0.2) is 4.79 Å². The lowest BCUT2D eigenvalue weighted by molar-refractivity contribution is 0.215. The third-order valence-corrected chi connectivity index (χ3v) is 8.81. The van der Waals surface area contributed by atoms with E-state index in [0.717, 1.165) is 49.7 Å². The van der Waals surface area contributed by atoms with E-state index in [2.05, 4.69) is 60.1 Å². The fourth-order valence-electron chi connectivity index (χ4n) is 6.11. The van der Waals surface area contributed by atoms with Crippen LogP contribution in [0, 0.1) is 0 Å². The Bertz CT molecular complexity index is 2180. The minimum atomic E-state index is -0.752. The SMILES string of the molecule is COc1cc2c(cc1OC)CN(CCc1ccc(-n3nnc(-c4cc(OC)c(OC)cc4NC(=O)Oc4cnnc5ccccc45)n3)cc1)CC2. The predicted octanol–water partition coefficient (Wildman–Crippen LogP) is 5.52. The van der Waals surface area contributed by atoms with Gasteiger partial charge in [0.05, 0.1) is 57.1 Å². The van der Waals surface area contributed by atoms with Crippen molar-refractivity contribution in [3.8, 4) is 45.8 Å². The molecule has 1 aliphatic rings. The van der Waals surface area contributed by atoms with Gasteiger partial charge in [-0.1, -0.05) is 24.3 Å². The molecule has 0 spiro atoms. The van der Waals surface area contributed by atoms with Gasteiger partial charge >= 0.3 is 6.09 Å². The molecule has 0 bridgehead atoms. The third-order valence-electron chi connectivity index (χ3n) is 8.81. The van der Waals surface area contributed by atoms with Crippen molar-refractivity contribution < 1.29 is 28.5 Å². The summed E-state index contributed by atoms with van der Waals surface area (Å²) >= 11 is 0. The number of amides is 1. The zero-order valence-electron chi connectivity index (χ0n) is 28.6. The van der Waals surface area contributed by atoms with Crippen LogP contribution >= 0.6 is 0 Å². The van der Waals surface area contributed by atoms with Crippen molar-refractivity contribution in [2.45, 2.75) is 19.4 Å². The number of fused-ring (bicyclic) bond motifs is 2. The smallest absolute Gasteiger partial charge is 0.417 e. The molecule has 0 radical (unpaired) electrons. The maximum Gasteiger partial charge on any atom is 0.417 e. The lowest BCUT2D eigenvalue weighted by Gasteiger charge is -2.29. The quantitative estimate of drug-likeness (QED) is 0.183. The van der Waals surface area contributed by atoms with E-state index in [0.29, 0.717) is 33.7 Å². The van der Waals surface area contributed by atoms with Crippen molar-refractivity contribution in [2.24, 2.45) is 0 Å². The summed E-state index contributed by atoms with van der Waals surface area (Å²) in [6.45, 7) is 2.76. The van der Waals surface area contributed by atoms with Gasteiger partial charge in [0, 0.05) is 31.1 Å². The summed E-state index contributed by atoms with van der Waals surface area (Å²) in [6, 6.07) is 22.8. The number of tetrazole rings is 1. The van der Waals surface area contributed by atoms with Crippen molar-refractivity contribution in [2.75, 3.05) is 46.8 Å². The third kappa shape index (κ3) is 7.07. The number of nitrogens with zero attached hydrogens (tertiary/aromatic N) is 7. The first kappa shape index (κ1) is 33.2. The number of hydrogen-bond donors (Lipinski definition) is 1. The monoisotopic (exact) mass is 688 g/mol. The summed E-state index contributed by atoms with van der Waals surface area (Å²) in [5, 5.41) is 24.7. The molecular weight excluding hydrogens is 652 g/mol. The zero-order chi connectivity index (χ0) is 35.3. The molecule has 6 aromatic rings. The minimum absolute atomic E-state index is 0.256. The summed E-state index contributed by atoms with van der Waals surface area (Å²) in [7, 11) is 6.36. The lowest BCUT2D eigenvalue weighted by Crippen LogP contribution is -2.32. The van der Waals surface area contributed by atoms with Crippen LogP contribution in [0.25, 0.3) is 28.0 Å². The van der Waals surface area contributed by atoms with Gasteiger partial charge in [-0.3, -0.25) is 10.2 Å². The number of nitrogens with one attached hydrogen (secondary N) is 1. The maximum atomic E-state index is 13.2. The molecule has 0 fully saturated rings. The zero-order valence-corrected chi connectivity index (χ0v) is 28.6. The molecule has 3 heterocycles. The average Bonchev–Trinajstić information content (AvgIpc) is 3.66. The summed E-state index contributed by atoms with van der Waals surface area (Å²) in [6.07, 6.45) is 2.49. The van der Waals surface area contributed by atoms with Gasteiger partial charge in [0.2, 0.25) is 5.82 Å². The molecule has 0 saturated carbocycles. The van der Waals surface area contributed by atoms with Crippen LogP contribution in [-0.2, 0) is 19.4 Å². The van der Waals surface area contributed by atoms with Gasteiger partial charge in [-0.05, 0) is 77.2 Å². The number of aromatic nitrogens is 6. The van der Waals surface area contributed by atoms with Gasteiger partial charge < -0.3 is 23.7 Å². The van der Waals surface area contributed by atoms with Crippen LogP contribution in [0.5, 0.6) is 28.7 Å². The molecule has 0 saturated heterocycles. The first-order chi connectivity index (χ1) is 25.0. The molecule has 1 N–H and O–H groups in total. The highest BCUT2D eigenvalue weighted by atomic mass is 16.6. The summed E-state index contributed by atoms with van der Waals surface area (Å²) in [4.78, 5) is 17.0. The largest absolute Gasteiger partial charge is 0.493 e. The van der Waals surface area contributed by atoms with E-state index in [1.807, 2.05) is 24.3 Å². The van der Waals surface area contributed by atoms with Crippen molar-refractivity contribution in [1.82, 2.24) is 35.3 Å². The molecule has 14 heteroatoms. The molecular formula is C37H36N8O6. The van der Waals surface area contributed by atoms with Crippen LogP contribution in [-0.4, -0.2) is 82.9 Å². The molecule has 1 amide bonds. The van der Waals surface area contributed by atoms with Crippen LogP contribution in [0.3, 0.4) is 0 Å². The molecule has 1 aliphatic heterocycles. The standard InChI is InChI=1S/C37H36N8O6/c1-47-31-17-24-14-16-44(22-25(24)18-32(31)48-2)15-13-23-9-11-26(12-10-23)45-42-36(41-43-45)28-19-33(49-3)34(50-4)20-30(28)39-37(46)51-35-21-38-40-29-8-6-5-7-27(29)35/h5-12,17-21H,13-16,22H2,1-4H3,(H,39,46). The Morgan fingerprint density at radius 3 is 2.27 bits per heavy atom. The van der Waals surface area contributed by atoms with Crippen LogP contribution in [0.4, 0.5) is 10.5 Å². The molecule has 260 valence electrons. The van der Waals surface area contributed by atoms with Crippen molar-refractivity contribution in [1.29, 1.82) is 0 Å². The molecule has 0 atom stereocenters. The van der Waals surface area contributed by atoms with Gasteiger partial charge in [0.25, 0.3) is 0 Å². The van der Waals surface area contributed by atoms with Gasteiger partial charge in [-0.2, -0.15) is 10.2 Å². The molecule has 7 rings (SSSR count).